The molecule has 1 saturated heterocycles. The van der Waals surface area contributed by atoms with Gasteiger partial charge in [-0.15, -0.1) is 0 Å². The molecule has 0 spiro atoms. The number of piperidine rings is 1. The maximum atomic E-state index is 5.95. The van der Waals surface area contributed by atoms with Crippen LogP contribution in [0.25, 0.3) is 10.8 Å². The zero-order valence-electron chi connectivity index (χ0n) is 10.3. The van der Waals surface area contributed by atoms with Gasteiger partial charge in [-0.25, -0.2) is 0 Å². The minimum atomic E-state index is 0.387. The highest BCUT2D eigenvalue weighted by atomic mass is 79.9. The standard InChI is InChI=1S/C15H17BrN2/c16-13-3-1-12-10-15(4-2-11(12)9-13)18-7-5-14(17)6-8-18/h1-4,9-10,14H,5-8,17H2. The minimum absolute atomic E-state index is 0.387. The van der Waals surface area contributed by atoms with Gasteiger partial charge in [0.15, 0.2) is 0 Å². The zero-order chi connectivity index (χ0) is 12.5. The molecule has 94 valence electrons. The number of rotatable bonds is 1. The number of nitrogens with zero attached hydrogens (tertiary/aromatic N) is 1. The van der Waals surface area contributed by atoms with Crippen molar-refractivity contribution in [1.29, 1.82) is 0 Å². The average Bonchev–Trinajstić information content (AvgIpc) is 2.39. The topological polar surface area (TPSA) is 29.3 Å². The van der Waals surface area contributed by atoms with Gasteiger partial charge in [0, 0.05) is 29.3 Å². The van der Waals surface area contributed by atoms with Crippen molar-refractivity contribution in [3.05, 3.63) is 40.9 Å². The van der Waals surface area contributed by atoms with E-state index in [-0.39, 0.29) is 0 Å². The van der Waals surface area contributed by atoms with Crippen molar-refractivity contribution < 1.29 is 0 Å². The molecule has 3 rings (SSSR count). The van der Waals surface area contributed by atoms with Crippen molar-refractivity contribution >= 4 is 32.4 Å². The van der Waals surface area contributed by atoms with Gasteiger partial charge in [0.05, 0.1) is 0 Å². The lowest BCUT2D eigenvalue weighted by Gasteiger charge is -2.32. The summed E-state index contributed by atoms with van der Waals surface area (Å²) in [6.45, 7) is 2.15. The van der Waals surface area contributed by atoms with E-state index >= 15 is 0 Å². The van der Waals surface area contributed by atoms with Crippen LogP contribution in [0.2, 0.25) is 0 Å². The summed E-state index contributed by atoms with van der Waals surface area (Å²) in [5.41, 5.74) is 7.27. The molecule has 0 unspecified atom stereocenters. The molecular weight excluding hydrogens is 288 g/mol. The number of hydrogen-bond acceptors (Lipinski definition) is 2. The van der Waals surface area contributed by atoms with Crippen molar-refractivity contribution in [3.8, 4) is 0 Å². The Balaban J connectivity index is 1.91. The molecule has 2 aromatic rings. The molecule has 2 N–H and O–H groups in total. The van der Waals surface area contributed by atoms with Crippen LogP contribution in [0.1, 0.15) is 12.8 Å². The second kappa shape index (κ2) is 4.90. The van der Waals surface area contributed by atoms with E-state index < -0.39 is 0 Å². The Bertz CT molecular complexity index is 559. The Labute approximate surface area is 116 Å². The summed E-state index contributed by atoms with van der Waals surface area (Å²) >= 11 is 3.51. The molecule has 0 aromatic heterocycles. The Morgan fingerprint density at radius 1 is 1.00 bits per heavy atom. The first kappa shape index (κ1) is 12.0. The molecule has 0 bridgehead atoms. The molecule has 2 aromatic carbocycles. The molecule has 0 atom stereocenters. The maximum Gasteiger partial charge on any atom is 0.0372 e. The fourth-order valence-electron chi connectivity index (χ4n) is 2.56. The van der Waals surface area contributed by atoms with Crippen molar-refractivity contribution in [2.75, 3.05) is 18.0 Å². The molecule has 18 heavy (non-hydrogen) atoms. The molecule has 0 radical (unpaired) electrons. The van der Waals surface area contributed by atoms with Crippen molar-refractivity contribution in [2.45, 2.75) is 18.9 Å². The lowest BCUT2D eigenvalue weighted by Crippen LogP contribution is -2.39. The van der Waals surface area contributed by atoms with Crippen LogP contribution in [0, 0.1) is 0 Å². The molecule has 1 aliphatic rings. The highest BCUT2D eigenvalue weighted by Gasteiger charge is 2.16. The van der Waals surface area contributed by atoms with Gasteiger partial charge in [0.25, 0.3) is 0 Å². The predicted octanol–water partition coefficient (Wildman–Crippen LogP) is 3.53. The number of nitrogens with two attached hydrogens (primary N) is 1. The monoisotopic (exact) mass is 304 g/mol. The Morgan fingerprint density at radius 3 is 2.44 bits per heavy atom. The molecule has 0 amide bonds. The van der Waals surface area contributed by atoms with Crippen LogP contribution in [0.4, 0.5) is 5.69 Å². The van der Waals surface area contributed by atoms with Crippen molar-refractivity contribution in [1.82, 2.24) is 0 Å². The minimum Gasteiger partial charge on any atom is -0.371 e. The summed E-state index contributed by atoms with van der Waals surface area (Å²) in [4.78, 5) is 2.44. The third kappa shape index (κ3) is 2.38. The summed E-state index contributed by atoms with van der Waals surface area (Å²) in [6.07, 6.45) is 2.19. The van der Waals surface area contributed by atoms with Gasteiger partial charge in [-0.1, -0.05) is 28.1 Å². The third-order valence-corrected chi connectivity index (χ3v) is 4.18. The first-order valence-electron chi connectivity index (χ1n) is 6.42. The van der Waals surface area contributed by atoms with Gasteiger partial charge in [-0.3, -0.25) is 0 Å². The Morgan fingerprint density at radius 2 is 1.67 bits per heavy atom. The highest BCUT2D eigenvalue weighted by molar-refractivity contribution is 9.10. The number of anilines is 1. The van der Waals surface area contributed by atoms with E-state index in [1.165, 1.54) is 16.5 Å². The third-order valence-electron chi connectivity index (χ3n) is 3.69. The largest absolute Gasteiger partial charge is 0.371 e. The lowest BCUT2D eigenvalue weighted by molar-refractivity contribution is 0.501. The molecule has 0 saturated carbocycles. The average molecular weight is 305 g/mol. The first-order valence-corrected chi connectivity index (χ1v) is 7.21. The van der Waals surface area contributed by atoms with Crippen LogP contribution < -0.4 is 10.6 Å². The van der Waals surface area contributed by atoms with Crippen LogP contribution >= 0.6 is 15.9 Å². The Kier molecular flexibility index (Phi) is 3.27. The lowest BCUT2D eigenvalue weighted by atomic mass is 10.0. The fraction of sp³-hybridized carbons (Fsp3) is 0.333. The van der Waals surface area contributed by atoms with Gasteiger partial charge in [-0.2, -0.15) is 0 Å². The predicted molar refractivity (Wildman–Crippen MR) is 81.1 cm³/mol. The molecular formula is C15H17BrN2. The van der Waals surface area contributed by atoms with Crippen LogP contribution in [0.5, 0.6) is 0 Å². The van der Waals surface area contributed by atoms with Gasteiger partial charge in [0.2, 0.25) is 0 Å². The SMILES string of the molecule is NC1CCN(c2ccc3cc(Br)ccc3c2)CC1. The number of benzene rings is 2. The van der Waals surface area contributed by atoms with Crippen LogP contribution in [0.15, 0.2) is 40.9 Å². The van der Waals surface area contributed by atoms with Gasteiger partial charge in [0.1, 0.15) is 0 Å². The summed E-state index contributed by atoms with van der Waals surface area (Å²) < 4.78 is 1.13. The van der Waals surface area contributed by atoms with E-state index in [4.69, 9.17) is 5.73 Å². The molecule has 1 aliphatic heterocycles. The fourth-order valence-corrected chi connectivity index (χ4v) is 2.94. The van der Waals surface area contributed by atoms with E-state index in [9.17, 15) is 0 Å². The van der Waals surface area contributed by atoms with E-state index in [0.29, 0.717) is 6.04 Å². The van der Waals surface area contributed by atoms with E-state index in [1.54, 1.807) is 0 Å². The molecule has 2 nitrogen and oxygen atoms in total. The first-order chi connectivity index (χ1) is 8.72. The molecule has 0 aliphatic carbocycles. The van der Waals surface area contributed by atoms with Crippen molar-refractivity contribution in [3.63, 3.8) is 0 Å². The second-order valence-corrected chi connectivity index (χ2v) is 5.92. The van der Waals surface area contributed by atoms with Crippen LogP contribution in [-0.4, -0.2) is 19.1 Å². The number of halogens is 1. The number of fused-ring (bicyclic) bond motifs is 1. The smallest absolute Gasteiger partial charge is 0.0372 e. The van der Waals surface area contributed by atoms with Crippen molar-refractivity contribution in [2.24, 2.45) is 5.73 Å². The molecule has 3 heteroatoms. The summed E-state index contributed by atoms with van der Waals surface area (Å²) in [7, 11) is 0. The number of hydrogen-bond donors (Lipinski definition) is 1. The summed E-state index contributed by atoms with van der Waals surface area (Å²) in [6, 6.07) is 13.5. The maximum absolute atomic E-state index is 5.95. The molecule has 1 fully saturated rings. The molecule has 1 heterocycles. The summed E-state index contributed by atoms with van der Waals surface area (Å²) in [5, 5.41) is 2.58. The zero-order valence-corrected chi connectivity index (χ0v) is 11.9. The van der Waals surface area contributed by atoms with Gasteiger partial charge >= 0.3 is 0 Å². The van der Waals surface area contributed by atoms with Gasteiger partial charge < -0.3 is 10.6 Å². The second-order valence-electron chi connectivity index (χ2n) is 5.00. The van der Waals surface area contributed by atoms with Crippen LogP contribution in [-0.2, 0) is 0 Å². The van der Waals surface area contributed by atoms with E-state index in [0.717, 1.165) is 30.4 Å². The van der Waals surface area contributed by atoms with E-state index in [2.05, 4.69) is 57.2 Å². The highest BCUT2D eigenvalue weighted by Crippen LogP contribution is 2.26. The van der Waals surface area contributed by atoms with E-state index in [1.807, 2.05) is 0 Å². The summed E-state index contributed by atoms with van der Waals surface area (Å²) in [5.74, 6) is 0. The van der Waals surface area contributed by atoms with Gasteiger partial charge in [-0.05, 0) is 47.9 Å². The Hall–Kier alpha value is -1.06. The quantitative estimate of drug-likeness (QED) is 0.873. The van der Waals surface area contributed by atoms with Crippen LogP contribution in [0.3, 0.4) is 0 Å². The normalized spacial score (nSPS) is 17.3.